The first-order valence-corrected chi connectivity index (χ1v) is 10.5. The number of aryl methyl sites for hydroxylation is 2. The van der Waals surface area contributed by atoms with Gasteiger partial charge in [-0.1, -0.05) is 93.8 Å². The summed E-state index contributed by atoms with van der Waals surface area (Å²) in [6, 6.07) is 24.8. The van der Waals surface area contributed by atoms with Crippen molar-refractivity contribution in [3.8, 4) is 0 Å². The fraction of sp³-hybridized carbons (Fsp3) is 0.200. The molecule has 0 radical (unpaired) electrons. The minimum absolute atomic E-state index is 0.0451. The van der Waals surface area contributed by atoms with E-state index in [1.165, 1.54) is 22.3 Å². The van der Waals surface area contributed by atoms with E-state index in [1.54, 1.807) is 6.21 Å². The van der Waals surface area contributed by atoms with Gasteiger partial charge in [-0.2, -0.15) is 5.10 Å². The van der Waals surface area contributed by atoms with Gasteiger partial charge in [0, 0.05) is 15.5 Å². The second-order valence-electron chi connectivity index (χ2n) is 7.72. The Labute approximate surface area is 180 Å². The number of nitrogens with zero attached hydrogens (tertiary/aromatic N) is 1. The van der Waals surface area contributed by atoms with Crippen molar-refractivity contribution in [1.29, 1.82) is 0 Å². The van der Waals surface area contributed by atoms with Gasteiger partial charge in [0.1, 0.15) is 0 Å². The number of carbonyl (C=O) groups excluding carboxylic acids is 1. The van der Waals surface area contributed by atoms with Gasteiger partial charge in [-0.15, -0.1) is 0 Å². The second-order valence-corrected chi connectivity index (χ2v) is 8.58. The van der Waals surface area contributed by atoms with Gasteiger partial charge in [0.25, 0.3) is 0 Å². The third kappa shape index (κ3) is 3.90. The van der Waals surface area contributed by atoms with Gasteiger partial charge in [-0.3, -0.25) is 4.79 Å². The molecule has 1 saturated carbocycles. The average Bonchev–Trinajstić information content (AvgIpc) is 3.47. The number of benzene rings is 3. The smallest absolute Gasteiger partial charge is 0.244 e. The molecule has 3 nitrogen and oxygen atoms in total. The molecule has 3 aromatic carbocycles. The normalized spacial score (nSPS) is 17.3. The van der Waals surface area contributed by atoms with Gasteiger partial charge in [0.2, 0.25) is 5.91 Å². The molecule has 29 heavy (non-hydrogen) atoms. The van der Waals surface area contributed by atoms with Gasteiger partial charge in [0.05, 0.1) is 12.1 Å². The van der Waals surface area contributed by atoms with Crippen molar-refractivity contribution >= 4 is 28.1 Å². The quantitative estimate of drug-likeness (QED) is 0.406. The molecule has 1 N–H and O–H groups in total. The summed E-state index contributed by atoms with van der Waals surface area (Å²) in [5.41, 5.74) is 8.18. The fourth-order valence-corrected chi connectivity index (χ4v) is 4.44. The van der Waals surface area contributed by atoms with Gasteiger partial charge in [-0.25, -0.2) is 5.43 Å². The maximum absolute atomic E-state index is 13.0. The van der Waals surface area contributed by atoms with Crippen LogP contribution in [-0.2, 0) is 10.2 Å². The number of nitrogens with one attached hydrogen (secondary N) is 1. The molecular formula is C25H23BrN2O. The first-order valence-electron chi connectivity index (χ1n) is 9.72. The number of halogens is 1. The van der Waals surface area contributed by atoms with Crippen LogP contribution in [0.5, 0.6) is 0 Å². The van der Waals surface area contributed by atoms with Crippen LogP contribution in [0.4, 0.5) is 0 Å². The second kappa shape index (κ2) is 7.96. The first-order chi connectivity index (χ1) is 14.0. The van der Waals surface area contributed by atoms with Gasteiger partial charge < -0.3 is 0 Å². The molecule has 146 valence electrons. The van der Waals surface area contributed by atoms with Crippen molar-refractivity contribution in [3.05, 3.63) is 105 Å². The topological polar surface area (TPSA) is 41.5 Å². The van der Waals surface area contributed by atoms with E-state index in [-0.39, 0.29) is 17.2 Å². The average molecular weight is 447 g/mol. The van der Waals surface area contributed by atoms with Crippen LogP contribution in [-0.4, -0.2) is 12.1 Å². The van der Waals surface area contributed by atoms with Crippen LogP contribution in [0.1, 0.15) is 34.2 Å². The Morgan fingerprint density at radius 1 is 1.00 bits per heavy atom. The summed E-state index contributed by atoms with van der Waals surface area (Å²) in [6.45, 7) is 4.18. The maximum atomic E-state index is 13.0. The van der Waals surface area contributed by atoms with Crippen molar-refractivity contribution in [2.45, 2.75) is 25.7 Å². The highest BCUT2D eigenvalue weighted by atomic mass is 79.9. The lowest BCUT2D eigenvalue weighted by Gasteiger charge is -2.19. The Balaban J connectivity index is 1.60. The molecule has 4 rings (SSSR count). The van der Waals surface area contributed by atoms with Crippen LogP contribution in [0.2, 0.25) is 0 Å². The van der Waals surface area contributed by atoms with E-state index < -0.39 is 0 Å². The maximum Gasteiger partial charge on any atom is 0.244 e. The SMILES string of the molecule is Cc1cccc(C2(c3cccc(C)c3)C[C@@H]2C(=O)N/N=C\c2ccccc2Br)c1. The molecule has 1 aliphatic carbocycles. The zero-order valence-corrected chi connectivity index (χ0v) is 18.1. The van der Waals surface area contributed by atoms with Crippen molar-refractivity contribution in [1.82, 2.24) is 5.43 Å². The van der Waals surface area contributed by atoms with Crippen molar-refractivity contribution < 1.29 is 4.79 Å². The monoisotopic (exact) mass is 446 g/mol. The van der Waals surface area contributed by atoms with E-state index >= 15 is 0 Å². The van der Waals surface area contributed by atoms with Gasteiger partial charge in [0.15, 0.2) is 0 Å². The molecule has 1 amide bonds. The minimum atomic E-state index is -0.287. The zero-order valence-electron chi connectivity index (χ0n) is 16.5. The summed E-state index contributed by atoms with van der Waals surface area (Å²) in [7, 11) is 0. The molecule has 1 aliphatic rings. The summed E-state index contributed by atoms with van der Waals surface area (Å²) in [4.78, 5) is 13.0. The molecule has 0 bridgehead atoms. The summed E-state index contributed by atoms with van der Waals surface area (Å²) < 4.78 is 0.943. The van der Waals surface area contributed by atoms with Crippen LogP contribution in [0.3, 0.4) is 0 Å². The molecule has 0 aromatic heterocycles. The number of hydrogen-bond donors (Lipinski definition) is 1. The predicted molar refractivity (Wildman–Crippen MR) is 121 cm³/mol. The van der Waals surface area contributed by atoms with Crippen LogP contribution in [0.25, 0.3) is 0 Å². The van der Waals surface area contributed by atoms with Crippen LogP contribution < -0.4 is 5.43 Å². The van der Waals surface area contributed by atoms with Crippen LogP contribution in [0.15, 0.2) is 82.4 Å². The Kier molecular flexibility index (Phi) is 5.37. The van der Waals surface area contributed by atoms with Crippen molar-refractivity contribution in [2.24, 2.45) is 11.0 Å². The molecule has 4 heteroatoms. The summed E-state index contributed by atoms with van der Waals surface area (Å²) >= 11 is 3.49. The minimum Gasteiger partial charge on any atom is -0.273 e. The number of carbonyl (C=O) groups is 1. The molecule has 1 atom stereocenters. The molecule has 0 spiro atoms. The third-order valence-corrected chi connectivity index (χ3v) is 6.35. The molecule has 0 unspecified atom stereocenters. The molecular weight excluding hydrogens is 424 g/mol. The lowest BCUT2D eigenvalue weighted by atomic mass is 9.84. The van der Waals surface area contributed by atoms with E-state index in [9.17, 15) is 4.79 Å². The van der Waals surface area contributed by atoms with Gasteiger partial charge >= 0.3 is 0 Å². The van der Waals surface area contributed by atoms with E-state index in [4.69, 9.17) is 0 Å². The fourth-order valence-electron chi connectivity index (χ4n) is 4.05. The lowest BCUT2D eigenvalue weighted by Crippen LogP contribution is -2.25. The standard InChI is InChI=1S/C25H23BrN2O/c1-17-7-5-10-20(13-17)25(21-11-6-8-18(2)14-21)15-22(25)24(29)28-27-16-19-9-3-4-12-23(19)26/h3-14,16,22H,15H2,1-2H3,(H,28,29)/b27-16-/t22-/m1/s1. The Hall–Kier alpha value is -2.72. The lowest BCUT2D eigenvalue weighted by molar-refractivity contribution is -0.122. The number of hydrazone groups is 1. The number of hydrogen-bond acceptors (Lipinski definition) is 2. The molecule has 0 aliphatic heterocycles. The number of amides is 1. The van der Waals surface area contributed by atoms with Crippen LogP contribution >= 0.6 is 15.9 Å². The first kappa shape index (κ1) is 19.6. The highest BCUT2D eigenvalue weighted by molar-refractivity contribution is 9.10. The largest absolute Gasteiger partial charge is 0.273 e. The summed E-state index contributed by atoms with van der Waals surface area (Å²) in [6.07, 6.45) is 2.46. The highest BCUT2D eigenvalue weighted by Crippen LogP contribution is 2.59. The summed E-state index contributed by atoms with van der Waals surface area (Å²) in [5.74, 6) is -0.182. The van der Waals surface area contributed by atoms with Crippen molar-refractivity contribution in [3.63, 3.8) is 0 Å². The highest BCUT2D eigenvalue weighted by Gasteiger charge is 2.60. The zero-order chi connectivity index (χ0) is 20.4. The summed E-state index contributed by atoms with van der Waals surface area (Å²) in [5, 5.41) is 4.20. The van der Waals surface area contributed by atoms with E-state index in [1.807, 2.05) is 24.3 Å². The van der Waals surface area contributed by atoms with Crippen molar-refractivity contribution in [2.75, 3.05) is 0 Å². The predicted octanol–water partition coefficient (Wildman–Crippen LogP) is 5.52. The van der Waals surface area contributed by atoms with Crippen LogP contribution in [0, 0.1) is 19.8 Å². The van der Waals surface area contributed by atoms with E-state index in [0.29, 0.717) is 0 Å². The Morgan fingerprint density at radius 3 is 2.21 bits per heavy atom. The molecule has 0 saturated heterocycles. The molecule has 1 fully saturated rings. The van der Waals surface area contributed by atoms with E-state index in [2.05, 4.69) is 88.8 Å². The Morgan fingerprint density at radius 2 is 1.62 bits per heavy atom. The Bertz CT molecular complexity index is 1040. The number of rotatable bonds is 5. The molecule has 0 heterocycles. The molecule has 3 aromatic rings. The van der Waals surface area contributed by atoms with E-state index in [0.717, 1.165) is 16.5 Å². The third-order valence-electron chi connectivity index (χ3n) is 5.63. The van der Waals surface area contributed by atoms with Gasteiger partial charge in [-0.05, 0) is 37.5 Å².